The Morgan fingerprint density at radius 3 is 2.72 bits per heavy atom. The van der Waals surface area contributed by atoms with Crippen LogP contribution in [0.25, 0.3) is 11.0 Å². The Balaban J connectivity index is 1.49. The van der Waals surface area contributed by atoms with Gasteiger partial charge in [0.1, 0.15) is 5.82 Å². The van der Waals surface area contributed by atoms with Gasteiger partial charge < -0.3 is 14.5 Å². The van der Waals surface area contributed by atoms with Crippen molar-refractivity contribution in [3.8, 4) is 0 Å². The molecule has 1 N–H and O–H groups in total. The summed E-state index contributed by atoms with van der Waals surface area (Å²) in [5.41, 5.74) is 4.42. The van der Waals surface area contributed by atoms with Crippen molar-refractivity contribution in [3.63, 3.8) is 0 Å². The molecule has 0 saturated carbocycles. The molecule has 130 valence electrons. The Morgan fingerprint density at radius 1 is 1.20 bits per heavy atom. The van der Waals surface area contributed by atoms with Gasteiger partial charge in [-0.25, -0.2) is 4.98 Å². The highest BCUT2D eigenvalue weighted by Gasteiger charge is 2.31. The van der Waals surface area contributed by atoms with Crippen LogP contribution >= 0.6 is 0 Å². The zero-order chi connectivity index (χ0) is 17.4. The minimum Gasteiger partial charge on any atom is -0.349 e. The molecule has 1 aromatic carbocycles. The molecule has 0 unspecified atom stereocenters. The van der Waals surface area contributed by atoms with E-state index in [1.54, 1.807) is 0 Å². The number of likely N-dealkylation sites (tertiary alicyclic amines) is 1. The first kappa shape index (κ1) is 15.9. The largest absolute Gasteiger partial charge is 0.349 e. The lowest BCUT2D eigenvalue weighted by molar-refractivity contribution is -0.132. The number of carbonyl (C=O) groups is 1. The van der Waals surface area contributed by atoms with Crippen LogP contribution in [0.4, 0.5) is 0 Å². The van der Waals surface area contributed by atoms with E-state index < -0.39 is 0 Å². The van der Waals surface area contributed by atoms with E-state index in [0.717, 1.165) is 42.8 Å². The molecular weight excluding hydrogens is 312 g/mol. The highest BCUT2D eigenvalue weighted by Crippen LogP contribution is 2.32. The molecular formula is C20H24N4O. The van der Waals surface area contributed by atoms with Gasteiger partial charge in [-0.3, -0.25) is 4.79 Å². The summed E-state index contributed by atoms with van der Waals surface area (Å²) in [4.78, 5) is 22.9. The Kier molecular flexibility index (Phi) is 4.07. The molecule has 5 nitrogen and oxygen atoms in total. The number of nitrogens with zero attached hydrogens (tertiary/aromatic N) is 3. The number of hydrogen-bond donors (Lipinski definition) is 1. The van der Waals surface area contributed by atoms with Gasteiger partial charge in [0.15, 0.2) is 0 Å². The van der Waals surface area contributed by atoms with Crippen molar-refractivity contribution in [1.82, 2.24) is 19.4 Å². The number of fused-ring (bicyclic) bond motifs is 1. The molecule has 1 atom stereocenters. The molecule has 2 aromatic heterocycles. The second-order valence-electron chi connectivity index (χ2n) is 6.90. The van der Waals surface area contributed by atoms with Crippen LogP contribution in [0.15, 0.2) is 36.4 Å². The number of aryl methyl sites for hydroxylation is 2. The Morgan fingerprint density at radius 2 is 1.96 bits per heavy atom. The molecule has 0 spiro atoms. The monoisotopic (exact) mass is 336 g/mol. The average molecular weight is 336 g/mol. The number of H-pyrrole nitrogens is 1. The van der Waals surface area contributed by atoms with Crippen LogP contribution in [-0.2, 0) is 11.3 Å². The number of nitrogens with one attached hydrogen (secondary N) is 1. The Labute approximate surface area is 147 Å². The van der Waals surface area contributed by atoms with Crippen LogP contribution in [0, 0.1) is 13.8 Å². The minimum absolute atomic E-state index is 0.0757. The van der Waals surface area contributed by atoms with Gasteiger partial charge in [0.25, 0.3) is 0 Å². The SMILES string of the molecule is Cc1ccc(C)n1CCC(=O)N1CCC[C@@H]1c1nc2ccccc2[nH]1. The van der Waals surface area contributed by atoms with E-state index in [4.69, 9.17) is 4.98 Å². The van der Waals surface area contributed by atoms with Crippen molar-refractivity contribution in [3.05, 3.63) is 53.6 Å². The van der Waals surface area contributed by atoms with E-state index in [9.17, 15) is 4.79 Å². The zero-order valence-corrected chi connectivity index (χ0v) is 14.8. The minimum atomic E-state index is 0.0757. The summed E-state index contributed by atoms with van der Waals surface area (Å²) in [7, 11) is 0. The first-order valence-corrected chi connectivity index (χ1v) is 9.00. The number of imidazole rings is 1. The lowest BCUT2D eigenvalue weighted by Gasteiger charge is -2.23. The number of aromatic nitrogens is 3. The van der Waals surface area contributed by atoms with Crippen molar-refractivity contribution < 1.29 is 4.79 Å². The predicted molar refractivity (Wildman–Crippen MR) is 98.3 cm³/mol. The van der Waals surface area contributed by atoms with Crippen LogP contribution in [0.1, 0.15) is 42.5 Å². The summed E-state index contributed by atoms with van der Waals surface area (Å²) in [6.45, 7) is 5.74. The standard InChI is InChI=1S/C20H24N4O/c1-14-9-10-15(2)23(14)13-11-19(25)24-12-5-8-18(24)20-21-16-6-3-4-7-17(16)22-20/h3-4,6-7,9-10,18H,5,8,11-13H2,1-2H3,(H,21,22)/t18-/m1/s1. The highest BCUT2D eigenvalue weighted by atomic mass is 16.2. The van der Waals surface area contributed by atoms with Crippen LogP contribution in [0.5, 0.6) is 0 Å². The van der Waals surface area contributed by atoms with E-state index >= 15 is 0 Å². The fraction of sp³-hybridized carbons (Fsp3) is 0.400. The quantitative estimate of drug-likeness (QED) is 0.789. The van der Waals surface area contributed by atoms with E-state index in [1.165, 1.54) is 11.4 Å². The molecule has 25 heavy (non-hydrogen) atoms. The zero-order valence-electron chi connectivity index (χ0n) is 14.8. The molecule has 3 heterocycles. The van der Waals surface area contributed by atoms with Gasteiger partial charge >= 0.3 is 0 Å². The number of benzene rings is 1. The van der Waals surface area contributed by atoms with Gasteiger partial charge in [-0.05, 0) is 51.0 Å². The average Bonchev–Trinajstić information content (AvgIpc) is 3.31. The maximum absolute atomic E-state index is 12.8. The number of aromatic amines is 1. The van der Waals surface area contributed by atoms with Gasteiger partial charge in [-0.1, -0.05) is 12.1 Å². The van der Waals surface area contributed by atoms with Crippen molar-refractivity contribution in [2.45, 2.75) is 45.7 Å². The Hall–Kier alpha value is -2.56. The normalized spacial score (nSPS) is 17.5. The first-order chi connectivity index (χ1) is 12.1. The lowest BCUT2D eigenvalue weighted by Crippen LogP contribution is -2.31. The molecule has 1 saturated heterocycles. The molecule has 1 aliphatic rings. The second-order valence-corrected chi connectivity index (χ2v) is 6.90. The van der Waals surface area contributed by atoms with Crippen molar-refractivity contribution in [1.29, 1.82) is 0 Å². The molecule has 1 amide bonds. The molecule has 1 fully saturated rings. The van der Waals surface area contributed by atoms with Gasteiger partial charge in [-0.2, -0.15) is 0 Å². The fourth-order valence-electron chi connectivity index (χ4n) is 3.88. The van der Waals surface area contributed by atoms with Crippen LogP contribution in [-0.4, -0.2) is 31.9 Å². The summed E-state index contributed by atoms with van der Waals surface area (Å²) in [6, 6.07) is 12.3. The third kappa shape index (κ3) is 2.95. The summed E-state index contributed by atoms with van der Waals surface area (Å²) < 4.78 is 2.21. The summed E-state index contributed by atoms with van der Waals surface area (Å²) in [5.74, 6) is 1.14. The summed E-state index contributed by atoms with van der Waals surface area (Å²) in [6.07, 6.45) is 2.55. The number of para-hydroxylation sites is 2. The van der Waals surface area contributed by atoms with Crippen molar-refractivity contribution in [2.24, 2.45) is 0 Å². The molecule has 4 rings (SSSR count). The van der Waals surface area contributed by atoms with Crippen LogP contribution < -0.4 is 0 Å². The summed E-state index contributed by atoms with van der Waals surface area (Å²) in [5, 5.41) is 0. The molecule has 0 radical (unpaired) electrons. The van der Waals surface area contributed by atoms with E-state index in [2.05, 4.69) is 35.5 Å². The van der Waals surface area contributed by atoms with E-state index in [1.807, 2.05) is 29.2 Å². The lowest BCUT2D eigenvalue weighted by atomic mass is 10.2. The number of amides is 1. The second kappa shape index (κ2) is 6.39. The summed E-state index contributed by atoms with van der Waals surface area (Å²) >= 11 is 0. The molecule has 1 aliphatic heterocycles. The third-order valence-corrected chi connectivity index (χ3v) is 5.26. The first-order valence-electron chi connectivity index (χ1n) is 9.00. The van der Waals surface area contributed by atoms with Crippen molar-refractivity contribution in [2.75, 3.05) is 6.54 Å². The Bertz CT molecular complexity index is 855. The van der Waals surface area contributed by atoms with Gasteiger partial charge in [-0.15, -0.1) is 0 Å². The fourth-order valence-corrected chi connectivity index (χ4v) is 3.88. The van der Waals surface area contributed by atoms with E-state index in [0.29, 0.717) is 6.42 Å². The predicted octanol–water partition coefficient (Wildman–Crippen LogP) is 3.74. The van der Waals surface area contributed by atoms with E-state index in [-0.39, 0.29) is 11.9 Å². The van der Waals surface area contributed by atoms with Gasteiger partial charge in [0.05, 0.1) is 17.1 Å². The third-order valence-electron chi connectivity index (χ3n) is 5.26. The van der Waals surface area contributed by atoms with Crippen LogP contribution in [0.3, 0.4) is 0 Å². The van der Waals surface area contributed by atoms with Crippen molar-refractivity contribution >= 4 is 16.9 Å². The van der Waals surface area contributed by atoms with Gasteiger partial charge in [0, 0.05) is 30.9 Å². The number of carbonyl (C=O) groups excluding carboxylic acids is 1. The molecule has 5 heteroatoms. The maximum atomic E-state index is 12.8. The van der Waals surface area contributed by atoms with Crippen LogP contribution in [0.2, 0.25) is 0 Å². The molecule has 0 aliphatic carbocycles. The number of rotatable bonds is 4. The molecule has 3 aromatic rings. The molecule has 0 bridgehead atoms. The van der Waals surface area contributed by atoms with Gasteiger partial charge in [0.2, 0.25) is 5.91 Å². The smallest absolute Gasteiger partial charge is 0.224 e. The maximum Gasteiger partial charge on any atom is 0.224 e. The number of hydrogen-bond acceptors (Lipinski definition) is 2. The topological polar surface area (TPSA) is 53.9 Å². The highest BCUT2D eigenvalue weighted by molar-refractivity contribution is 5.78.